The summed E-state index contributed by atoms with van der Waals surface area (Å²) in [6, 6.07) is 17.4. The van der Waals surface area contributed by atoms with Crippen molar-refractivity contribution < 1.29 is 9.59 Å². The summed E-state index contributed by atoms with van der Waals surface area (Å²) in [6.07, 6.45) is 6.09. The minimum Gasteiger partial charge on any atom is -0.342 e. The number of aromatic amines is 1. The van der Waals surface area contributed by atoms with Gasteiger partial charge in [0, 0.05) is 51.0 Å². The number of nitrogens with zero attached hydrogens (tertiary/aromatic N) is 5. The molecular weight excluding hydrogens is 456 g/mol. The van der Waals surface area contributed by atoms with Gasteiger partial charge in [0.1, 0.15) is 5.69 Å². The van der Waals surface area contributed by atoms with Crippen molar-refractivity contribution in [2.24, 2.45) is 0 Å². The van der Waals surface area contributed by atoms with Crippen LogP contribution in [0, 0.1) is 0 Å². The summed E-state index contributed by atoms with van der Waals surface area (Å²) in [7, 11) is 0. The number of amides is 2. The van der Waals surface area contributed by atoms with E-state index in [2.05, 4.69) is 15.0 Å². The number of likely N-dealkylation sites (tertiary alicyclic amines) is 1. The Balaban J connectivity index is 1.22. The number of aromatic nitrogens is 4. The lowest BCUT2D eigenvalue weighted by molar-refractivity contribution is -0.132. The van der Waals surface area contributed by atoms with Crippen LogP contribution in [0.4, 0.5) is 0 Å². The molecular formula is C27H28N6O3. The van der Waals surface area contributed by atoms with Gasteiger partial charge in [0.05, 0.1) is 17.2 Å². The Labute approximate surface area is 208 Å². The number of H-pyrrole nitrogens is 1. The molecule has 9 nitrogen and oxygen atoms in total. The van der Waals surface area contributed by atoms with Crippen LogP contribution in [-0.4, -0.2) is 60.8 Å². The minimum atomic E-state index is -0.253. The Bertz CT molecular complexity index is 1390. The smallest absolute Gasteiger partial charge is 0.326 e. The van der Waals surface area contributed by atoms with Crippen molar-refractivity contribution in [2.75, 3.05) is 19.6 Å². The lowest BCUT2D eigenvalue weighted by Gasteiger charge is -2.33. The monoisotopic (exact) mass is 484 g/mol. The van der Waals surface area contributed by atoms with Crippen molar-refractivity contribution in [2.45, 2.75) is 31.8 Å². The molecule has 0 atom stereocenters. The van der Waals surface area contributed by atoms with Crippen LogP contribution in [0.2, 0.25) is 0 Å². The Hall–Kier alpha value is -4.27. The van der Waals surface area contributed by atoms with E-state index < -0.39 is 0 Å². The number of nitrogens with one attached hydrogen (secondary N) is 1. The number of para-hydroxylation sites is 2. The fourth-order valence-electron chi connectivity index (χ4n) is 4.83. The van der Waals surface area contributed by atoms with E-state index in [1.165, 1.54) is 18.6 Å². The molecule has 0 radical (unpaired) electrons. The van der Waals surface area contributed by atoms with Gasteiger partial charge in [0.15, 0.2) is 0 Å². The molecule has 0 aliphatic carbocycles. The Morgan fingerprint density at radius 2 is 1.75 bits per heavy atom. The number of fused-ring (bicyclic) bond motifs is 1. The molecule has 0 saturated carbocycles. The van der Waals surface area contributed by atoms with Gasteiger partial charge in [0.25, 0.3) is 5.91 Å². The van der Waals surface area contributed by atoms with Gasteiger partial charge >= 0.3 is 5.69 Å². The van der Waals surface area contributed by atoms with Crippen LogP contribution in [-0.2, 0) is 11.3 Å². The second-order valence-electron chi connectivity index (χ2n) is 8.98. The van der Waals surface area contributed by atoms with Crippen LogP contribution in [0.25, 0.3) is 11.0 Å². The van der Waals surface area contributed by atoms with Crippen molar-refractivity contribution in [1.29, 1.82) is 0 Å². The molecule has 1 aliphatic rings. The molecule has 1 N–H and O–H groups in total. The van der Waals surface area contributed by atoms with Crippen molar-refractivity contribution >= 4 is 22.8 Å². The Kier molecular flexibility index (Phi) is 6.88. The summed E-state index contributed by atoms with van der Waals surface area (Å²) < 4.78 is 1.82. The van der Waals surface area contributed by atoms with E-state index in [1.807, 2.05) is 64.1 Å². The number of rotatable bonds is 7. The van der Waals surface area contributed by atoms with Crippen molar-refractivity contribution in [1.82, 2.24) is 29.3 Å². The summed E-state index contributed by atoms with van der Waals surface area (Å²) in [4.78, 5) is 53.3. The summed E-state index contributed by atoms with van der Waals surface area (Å²) in [6.45, 7) is 1.82. The van der Waals surface area contributed by atoms with E-state index in [0.717, 1.165) is 16.6 Å². The summed E-state index contributed by atoms with van der Waals surface area (Å²) in [5, 5.41) is 0. The summed E-state index contributed by atoms with van der Waals surface area (Å²) >= 11 is 0. The van der Waals surface area contributed by atoms with E-state index in [4.69, 9.17) is 0 Å². The zero-order valence-corrected chi connectivity index (χ0v) is 19.9. The van der Waals surface area contributed by atoms with E-state index in [-0.39, 0.29) is 42.2 Å². The van der Waals surface area contributed by atoms with Gasteiger partial charge in [-0.1, -0.05) is 42.5 Å². The number of imidazole rings is 1. The average Bonchev–Trinajstić information content (AvgIpc) is 3.27. The molecule has 2 aromatic heterocycles. The molecule has 0 bridgehead atoms. The number of benzene rings is 2. The van der Waals surface area contributed by atoms with Crippen LogP contribution in [0.1, 0.15) is 41.4 Å². The highest BCUT2D eigenvalue weighted by Crippen LogP contribution is 2.25. The van der Waals surface area contributed by atoms with Gasteiger partial charge in [-0.2, -0.15) is 0 Å². The zero-order valence-electron chi connectivity index (χ0n) is 19.9. The van der Waals surface area contributed by atoms with Crippen molar-refractivity contribution in [3.05, 3.63) is 94.9 Å². The second kappa shape index (κ2) is 10.6. The Morgan fingerprint density at radius 1 is 1.00 bits per heavy atom. The van der Waals surface area contributed by atoms with Crippen molar-refractivity contribution in [3.8, 4) is 0 Å². The first-order valence-electron chi connectivity index (χ1n) is 12.2. The fourth-order valence-corrected chi connectivity index (χ4v) is 4.83. The molecule has 36 heavy (non-hydrogen) atoms. The predicted octanol–water partition coefficient (Wildman–Crippen LogP) is 3.02. The molecule has 1 fully saturated rings. The summed E-state index contributed by atoms with van der Waals surface area (Å²) in [5.74, 6) is -0.248. The van der Waals surface area contributed by atoms with E-state index in [9.17, 15) is 14.4 Å². The maximum atomic E-state index is 13.1. The minimum absolute atomic E-state index is 0.00438. The molecule has 4 aromatic rings. The molecule has 0 unspecified atom stereocenters. The quantitative estimate of drug-likeness (QED) is 0.434. The maximum absolute atomic E-state index is 13.1. The van der Waals surface area contributed by atoms with Gasteiger partial charge in [-0.25, -0.2) is 9.78 Å². The van der Waals surface area contributed by atoms with Gasteiger partial charge in [-0.05, 0) is 30.5 Å². The highest BCUT2D eigenvalue weighted by atomic mass is 16.2. The van der Waals surface area contributed by atoms with Gasteiger partial charge < -0.3 is 14.8 Å². The number of hydrogen-bond donors (Lipinski definition) is 1. The third kappa shape index (κ3) is 5.05. The zero-order chi connectivity index (χ0) is 24.9. The third-order valence-corrected chi connectivity index (χ3v) is 6.69. The normalized spacial score (nSPS) is 14.2. The first-order valence-corrected chi connectivity index (χ1v) is 12.2. The lowest BCUT2D eigenvalue weighted by atomic mass is 10.0. The molecule has 1 aliphatic heterocycles. The fraction of sp³-hybridized carbons (Fsp3) is 0.296. The first kappa shape index (κ1) is 23.5. The van der Waals surface area contributed by atoms with Gasteiger partial charge in [-0.15, -0.1) is 0 Å². The van der Waals surface area contributed by atoms with E-state index in [0.29, 0.717) is 32.5 Å². The lowest BCUT2D eigenvalue weighted by Crippen LogP contribution is -2.42. The number of hydrogen-bond acceptors (Lipinski definition) is 5. The average molecular weight is 485 g/mol. The molecule has 2 amide bonds. The van der Waals surface area contributed by atoms with Crippen LogP contribution >= 0.6 is 0 Å². The van der Waals surface area contributed by atoms with E-state index in [1.54, 1.807) is 4.90 Å². The Morgan fingerprint density at radius 3 is 2.50 bits per heavy atom. The number of carbonyl (C=O) groups excluding carboxylic acids is 2. The second-order valence-corrected chi connectivity index (χ2v) is 8.98. The largest absolute Gasteiger partial charge is 0.342 e. The molecule has 9 heteroatoms. The maximum Gasteiger partial charge on any atom is 0.326 e. The number of carbonyl (C=O) groups is 2. The summed E-state index contributed by atoms with van der Waals surface area (Å²) in [5.41, 5.74) is 2.84. The molecule has 0 spiro atoms. The topological polar surface area (TPSA) is 104 Å². The van der Waals surface area contributed by atoms with Crippen LogP contribution in [0.5, 0.6) is 0 Å². The molecule has 184 valence electrons. The van der Waals surface area contributed by atoms with Crippen molar-refractivity contribution in [3.63, 3.8) is 0 Å². The van der Waals surface area contributed by atoms with E-state index >= 15 is 0 Å². The number of piperidine rings is 1. The molecule has 3 heterocycles. The molecule has 2 aromatic carbocycles. The SMILES string of the molecule is O=C(CCN(Cc1ccccc1)C(=O)c1cnccn1)N1CCC(n2c(=O)[nH]c3ccccc32)CC1. The first-order chi connectivity index (χ1) is 17.6. The van der Waals surface area contributed by atoms with Gasteiger partial charge in [-0.3, -0.25) is 19.1 Å². The molecule has 5 rings (SSSR count). The highest BCUT2D eigenvalue weighted by molar-refractivity contribution is 5.92. The van der Waals surface area contributed by atoms with Gasteiger partial charge in [0.2, 0.25) is 5.91 Å². The molecule has 1 saturated heterocycles. The van der Waals surface area contributed by atoms with Crippen LogP contribution in [0.3, 0.4) is 0 Å². The van der Waals surface area contributed by atoms with Crippen LogP contribution < -0.4 is 5.69 Å². The third-order valence-electron chi connectivity index (χ3n) is 6.69. The predicted molar refractivity (Wildman–Crippen MR) is 135 cm³/mol. The van der Waals surface area contributed by atoms with Crippen LogP contribution in [0.15, 0.2) is 78.0 Å². The standard InChI is InChI=1S/C27H28N6O3/c34-25(31-15-10-21(11-16-31)33-24-9-5-4-8-22(24)30-27(33)36)12-17-32(19-20-6-2-1-3-7-20)26(35)23-18-28-13-14-29-23/h1-9,13-14,18,21H,10-12,15-17,19H2,(H,30,36). The highest BCUT2D eigenvalue weighted by Gasteiger charge is 2.27.